The van der Waals surface area contributed by atoms with E-state index < -0.39 is 0 Å². The first-order valence-corrected chi connectivity index (χ1v) is 5.62. The predicted molar refractivity (Wildman–Crippen MR) is 59.3 cm³/mol. The molecular formula is C11H24N2O. The normalized spacial score (nSPS) is 33.2. The van der Waals surface area contributed by atoms with Gasteiger partial charge < -0.3 is 15.8 Å². The molecular weight excluding hydrogens is 176 g/mol. The summed E-state index contributed by atoms with van der Waals surface area (Å²) in [6.07, 6.45) is 5.04. The second-order valence-corrected chi connectivity index (χ2v) is 4.74. The molecule has 14 heavy (non-hydrogen) atoms. The fourth-order valence-electron chi connectivity index (χ4n) is 2.09. The third-order valence-corrected chi connectivity index (χ3v) is 3.42. The van der Waals surface area contributed by atoms with E-state index in [4.69, 9.17) is 10.5 Å². The van der Waals surface area contributed by atoms with E-state index in [0.717, 1.165) is 19.7 Å². The van der Waals surface area contributed by atoms with Crippen molar-refractivity contribution < 1.29 is 4.74 Å². The van der Waals surface area contributed by atoms with E-state index in [9.17, 15) is 0 Å². The van der Waals surface area contributed by atoms with E-state index in [1.807, 2.05) is 0 Å². The zero-order chi connectivity index (χ0) is 10.4. The number of methoxy groups -OCH3 is 1. The summed E-state index contributed by atoms with van der Waals surface area (Å²) in [7, 11) is 1.74. The highest BCUT2D eigenvalue weighted by Crippen LogP contribution is 2.34. The molecule has 3 N–H and O–H groups in total. The Balaban J connectivity index is 2.15. The van der Waals surface area contributed by atoms with Crippen molar-refractivity contribution in [1.82, 2.24) is 5.32 Å². The second kappa shape index (κ2) is 5.69. The van der Waals surface area contributed by atoms with Crippen LogP contribution in [0.3, 0.4) is 0 Å². The summed E-state index contributed by atoms with van der Waals surface area (Å²) in [4.78, 5) is 0. The third kappa shape index (κ3) is 3.56. The van der Waals surface area contributed by atoms with Gasteiger partial charge in [-0.05, 0) is 37.6 Å². The average Bonchev–Trinajstić information content (AvgIpc) is 2.22. The molecule has 1 rings (SSSR count). The van der Waals surface area contributed by atoms with E-state index in [1.165, 1.54) is 25.7 Å². The van der Waals surface area contributed by atoms with Gasteiger partial charge in [0.25, 0.3) is 0 Å². The van der Waals surface area contributed by atoms with Crippen LogP contribution < -0.4 is 11.1 Å². The maximum absolute atomic E-state index is 5.76. The van der Waals surface area contributed by atoms with Crippen LogP contribution in [0.15, 0.2) is 0 Å². The Morgan fingerprint density at radius 2 is 2.07 bits per heavy atom. The van der Waals surface area contributed by atoms with Crippen molar-refractivity contribution in [3.05, 3.63) is 0 Å². The van der Waals surface area contributed by atoms with Gasteiger partial charge in [-0.1, -0.05) is 6.92 Å². The van der Waals surface area contributed by atoms with Crippen LogP contribution in [0.25, 0.3) is 0 Å². The van der Waals surface area contributed by atoms with E-state index in [1.54, 1.807) is 7.11 Å². The minimum absolute atomic E-state index is 0.402. The zero-order valence-electron chi connectivity index (χ0n) is 9.51. The van der Waals surface area contributed by atoms with Crippen molar-refractivity contribution in [3.63, 3.8) is 0 Å². The molecule has 0 aromatic carbocycles. The summed E-state index contributed by atoms with van der Waals surface area (Å²) in [5, 5.41) is 3.52. The van der Waals surface area contributed by atoms with Crippen LogP contribution in [0, 0.1) is 5.41 Å². The largest absolute Gasteiger partial charge is 0.383 e. The standard InChI is InChI=1S/C11H24N2O/c1-11(9-12)5-3-10(4-6-11)13-7-8-14-2/h10,13H,3-9,12H2,1-2H3. The van der Waals surface area contributed by atoms with Crippen molar-refractivity contribution in [2.45, 2.75) is 38.6 Å². The molecule has 0 saturated heterocycles. The van der Waals surface area contributed by atoms with Crippen LogP contribution >= 0.6 is 0 Å². The van der Waals surface area contributed by atoms with Gasteiger partial charge in [0.05, 0.1) is 6.61 Å². The van der Waals surface area contributed by atoms with Gasteiger partial charge in [0.2, 0.25) is 0 Å². The predicted octanol–water partition coefficient (Wildman–Crippen LogP) is 1.13. The van der Waals surface area contributed by atoms with Gasteiger partial charge in [-0.25, -0.2) is 0 Å². The number of hydrogen-bond acceptors (Lipinski definition) is 3. The molecule has 1 aliphatic rings. The minimum atomic E-state index is 0.402. The number of hydrogen-bond donors (Lipinski definition) is 2. The number of nitrogens with two attached hydrogens (primary N) is 1. The Morgan fingerprint density at radius 3 is 2.57 bits per heavy atom. The van der Waals surface area contributed by atoms with Gasteiger partial charge in [0.1, 0.15) is 0 Å². The van der Waals surface area contributed by atoms with Crippen LogP contribution in [0.5, 0.6) is 0 Å². The van der Waals surface area contributed by atoms with Crippen LogP contribution in [-0.4, -0.2) is 32.8 Å². The van der Waals surface area contributed by atoms with E-state index in [2.05, 4.69) is 12.2 Å². The molecule has 0 aromatic rings. The topological polar surface area (TPSA) is 47.3 Å². The molecule has 0 heterocycles. The Bertz CT molecular complexity index is 153. The van der Waals surface area contributed by atoms with Crippen molar-refractivity contribution in [3.8, 4) is 0 Å². The summed E-state index contributed by atoms with van der Waals surface area (Å²) in [6.45, 7) is 4.92. The highest BCUT2D eigenvalue weighted by Gasteiger charge is 2.29. The monoisotopic (exact) mass is 200 g/mol. The summed E-state index contributed by atoms with van der Waals surface area (Å²) < 4.78 is 5.01. The Labute approximate surface area is 87.4 Å². The van der Waals surface area contributed by atoms with Crippen molar-refractivity contribution in [2.24, 2.45) is 11.1 Å². The van der Waals surface area contributed by atoms with E-state index >= 15 is 0 Å². The molecule has 1 fully saturated rings. The third-order valence-electron chi connectivity index (χ3n) is 3.42. The molecule has 0 atom stereocenters. The summed E-state index contributed by atoms with van der Waals surface area (Å²) in [5.41, 5.74) is 6.17. The summed E-state index contributed by atoms with van der Waals surface area (Å²) >= 11 is 0. The first-order valence-electron chi connectivity index (χ1n) is 5.62. The van der Waals surface area contributed by atoms with Crippen molar-refractivity contribution in [1.29, 1.82) is 0 Å². The fourth-order valence-corrected chi connectivity index (χ4v) is 2.09. The van der Waals surface area contributed by atoms with Gasteiger partial charge in [0.15, 0.2) is 0 Å². The first-order chi connectivity index (χ1) is 6.70. The SMILES string of the molecule is COCCNC1CCC(C)(CN)CC1. The molecule has 0 bridgehead atoms. The number of nitrogens with one attached hydrogen (secondary N) is 1. The lowest BCUT2D eigenvalue weighted by Gasteiger charge is -2.36. The smallest absolute Gasteiger partial charge is 0.0587 e. The molecule has 0 unspecified atom stereocenters. The lowest BCUT2D eigenvalue weighted by Crippen LogP contribution is -2.40. The molecule has 0 aliphatic heterocycles. The molecule has 84 valence electrons. The minimum Gasteiger partial charge on any atom is -0.383 e. The molecule has 3 nitrogen and oxygen atoms in total. The average molecular weight is 200 g/mol. The molecule has 3 heteroatoms. The molecule has 0 amide bonds. The van der Waals surface area contributed by atoms with E-state index in [0.29, 0.717) is 11.5 Å². The quantitative estimate of drug-likeness (QED) is 0.654. The Morgan fingerprint density at radius 1 is 1.43 bits per heavy atom. The van der Waals surface area contributed by atoms with Gasteiger partial charge in [-0.2, -0.15) is 0 Å². The van der Waals surface area contributed by atoms with Crippen LogP contribution in [0.4, 0.5) is 0 Å². The van der Waals surface area contributed by atoms with Gasteiger partial charge in [0, 0.05) is 19.7 Å². The summed E-state index contributed by atoms with van der Waals surface area (Å²) in [6, 6.07) is 0.685. The maximum atomic E-state index is 5.76. The highest BCUT2D eigenvalue weighted by atomic mass is 16.5. The number of ether oxygens (including phenoxy) is 1. The van der Waals surface area contributed by atoms with Gasteiger partial charge in [-0.15, -0.1) is 0 Å². The zero-order valence-corrected chi connectivity index (χ0v) is 9.51. The molecule has 1 saturated carbocycles. The lowest BCUT2D eigenvalue weighted by molar-refractivity contribution is 0.168. The van der Waals surface area contributed by atoms with Crippen LogP contribution in [-0.2, 0) is 4.74 Å². The van der Waals surface area contributed by atoms with E-state index in [-0.39, 0.29) is 0 Å². The number of rotatable bonds is 5. The lowest BCUT2D eigenvalue weighted by atomic mass is 9.74. The molecule has 0 aromatic heterocycles. The van der Waals surface area contributed by atoms with Gasteiger partial charge in [-0.3, -0.25) is 0 Å². The Hall–Kier alpha value is -0.120. The van der Waals surface area contributed by atoms with Crippen molar-refractivity contribution >= 4 is 0 Å². The second-order valence-electron chi connectivity index (χ2n) is 4.74. The van der Waals surface area contributed by atoms with Crippen LogP contribution in [0.2, 0.25) is 0 Å². The molecule has 1 aliphatic carbocycles. The maximum Gasteiger partial charge on any atom is 0.0587 e. The fraction of sp³-hybridized carbons (Fsp3) is 1.00. The Kier molecular flexibility index (Phi) is 4.85. The summed E-state index contributed by atoms with van der Waals surface area (Å²) in [5.74, 6) is 0. The first kappa shape index (κ1) is 12.0. The van der Waals surface area contributed by atoms with Gasteiger partial charge >= 0.3 is 0 Å². The van der Waals surface area contributed by atoms with Crippen molar-refractivity contribution in [2.75, 3.05) is 26.8 Å². The highest BCUT2D eigenvalue weighted by molar-refractivity contribution is 4.85. The molecule has 0 spiro atoms. The molecule has 0 radical (unpaired) electrons. The van der Waals surface area contributed by atoms with Crippen LogP contribution in [0.1, 0.15) is 32.6 Å².